The summed E-state index contributed by atoms with van der Waals surface area (Å²) >= 11 is 0. The Morgan fingerprint density at radius 1 is 1.16 bits per heavy atom. The summed E-state index contributed by atoms with van der Waals surface area (Å²) < 4.78 is 37.7. The first-order chi connectivity index (χ1) is 15.4. The Labute approximate surface area is 185 Å². The van der Waals surface area contributed by atoms with Gasteiger partial charge in [-0.3, -0.25) is 9.59 Å². The van der Waals surface area contributed by atoms with Gasteiger partial charge in [0.25, 0.3) is 5.91 Å². The summed E-state index contributed by atoms with van der Waals surface area (Å²) in [6.45, 7) is 0.892. The molecule has 0 unspecified atom stereocenters. The van der Waals surface area contributed by atoms with E-state index in [1.54, 1.807) is 31.4 Å². The molecule has 0 aliphatic carbocycles. The number of hydrogen-bond donors (Lipinski definition) is 1. The molecule has 0 bridgehead atoms. The van der Waals surface area contributed by atoms with Crippen molar-refractivity contribution in [2.75, 3.05) is 26.0 Å². The Balaban J connectivity index is 1.32. The van der Waals surface area contributed by atoms with Crippen LogP contribution in [0.4, 0.5) is 0 Å². The van der Waals surface area contributed by atoms with Gasteiger partial charge in [-0.1, -0.05) is 18.2 Å². The zero-order valence-corrected chi connectivity index (χ0v) is 18.5. The lowest BCUT2D eigenvalue weighted by Crippen LogP contribution is -2.38. The van der Waals surface area contributed by atoms with Crippen LogP contribution in [0.2, 0.25) is 0 Å². The Morgan fingerprint density at radius 2 is 1.97 bits per heavy atom. The van der Waals surface area contributed by atoms with Crippen molar-refractivity contribution in [2.24, 2.45) is 0 Å². The zero-order chi connectivity index (χ0) is 22.7. The number of para-hydroxylation sites is 1. The predicted molar refractivity (Wildman–Crippen MR) is 120 cm³/mol. The molecule has 32 heavy (non-hydrogen) atoms. The smallest absolute Gasteiger partial charge is 0.287 e. The van der Waals surface area contributed by atoms with Crippen LogP contribution in [0, 0.1) is 0 Å². The third-order valence-corrected chi connectivity index (χ3v) is 7.41. The molecule has 2 aromatic carbocycles. The SMILES string of the molecule is COc1ccc2c(c1)CCN(S(=O)(=O)CCCNC(=O)c1cc(=O)c3ccccc3o1)C2. The number of carbonyl (C=O) groups excluding carboxylic acids is 1. The molecule has 8 nitrogen and oxygen atoms in total. The Kier molecular flexibility index (Phi) is 6.29. The van der Waals surface area contributed by atoms with E-state index in [0.717, 1.165) is 22.9 Å². The number of benzene rings is 2. The lowest BCUT2D eigenvalue weighted by Gasteiger charge is -2.28. The number of ether oxygens (including phenoxy) is 1. The fourth-order valence-electron chi connectivity index (χ4n) is 3.76. The number of hydrogen-bond acceptors (Lipinski definition) is 6. The third kappa shape index (κ3) is 4.68. The van der Waals surface area contributed by atoms with Gasteiger partial charge >= 0.3 is 0 Å². The summed E-state index contributed by atoms with van der Waals surface area (Å²) in [4.78, 5) is 24.5. The second kappa shape index (κ2) is 9.13. The minimum atomic E-state index is -3.46. The van der Waals surface area contributed by atoms with Gasteiger partial charge in [0.1, 0.15) is 11.3 Å². The topological polar surface area (TPSA) is 106 Å². The largest absolute Gasteiger partial charge is 0.497 e. The van der Waals surface area contributed by atoms with Crippen LogP contribution in [0.25, 0.3) is 11.0 Å². The van der Waals surface area contributed by atoms with Crippen molar-refractivity contribution in [1.82, 2.24) is 9.62 Å². The summed E-state index contributed by atoms with van der Waals surface area (Å²) in [7, 11) is -1.86. The molecular weight excluding hydrogens is 432 g/mol. The van der Waals surface area contributed by atoms with Crippen molar-refractivity contribution in [3.8, 4) is 5.75 Å². The van der Waals surface area contributed by atoms with Crippen LogP contribution in [-0.4, -0.2) is 44.6 Å². The molecule has 0 saturated carbocycles. The van der Waals surface area contributed by atoms with Gasteiger partial charge in [0.2, 0.25) is 10.0 Å². The Bertz CT molecular complexity index is 1320. The molecule has 4 rings (SSSR count). The van der Waals surface area contributed by atoms with Crippen LogP contribution in [-0.2, 0) is 23.0 Å². The predicted octanol–water partition coefficient (Wildman–Crippen LogP) is 2.31. The van der Waals surface area contributed by atoms with E-state index in [0.29, 0.717) is 30.5 Å². The highest BCUT2D eigenvalue weighted by Gasteiger charge is 2.26. The summed E-state index contributed by atoms with van der Waals surface area (Å²) in [5, 5.41) is 3.03. The molecule has 168 valence electrons. The summed E-state index contributed by atoms with van der Waals surface area (Å²) in [5.41, 5.74) is 2.10. The normalized spacial score (nSPS) is 14.2. The van der Waals surface area contributed by atoms with Crippen molar-refractivity contribution >= 4 is 26.9 Å². The number of rotatable bonds is 7. The van der Waals surface area contributed by atoms with Crippen LogP contribution < -0.4 is 15.5 Å². The summed E-state index contributed by atoms with van der Waals surface area (Å²) in [6.07, 6.45) is 0.876. The number of methoxy groups -OCH3 is 1. The van der Waals surface area contributed by atoms with Crippen molar-refractivity contribution in [3.05, 3.63) is 75.6 Å². The van der Waals surface area contributed by atoms with Crippen molar-refractivity contribution in [2.45, 2.75) is 19.4 Å². The van der Waals surface area contributed by atoms with E-state index < -0.39 is 15.9 Å². The molecule has 0 saturated heterocycles. The first-order valence-electron chi connectivity index (χ1n) is 10.3. The first-order valence-corrected chi connectivity index (χ1v) is 11.9. The lowest BCUT2D eigenvalue weighted by atomic mass is 10.0. The van der Waals surface area contributed by atoms with Crippen molar-refractivity contribution < 1.29 is 22.4 Å². The molecule has 2 heterocycles. The number of fused-ring (bicyclic) bond motifs is 2. The van der Waals surface area contributed by atoms with Crippen LogP contribution >= 0.6 is 0 Å². The molecule has 1 amide bonds. The molecule has 1 aliphatic rings. The summed E-state index contributed by atoms with van der Waals surface area (Å²) in [6, 6.07) is 13.5. The molecule has 1 aliphatic heterocycles. The molecule has 0 atom stereocenters. The highest BCUT2D eigenvalue weighted by molar-refractivity contribution is 7.89. The number of nitrogens with zero attached hydrogens (tertiary/aromatic N) is 1. The van der Waals surface area contributed by atoms with E-state index in [1.807, 2.05) is 18.2 Å². The maximum absolute atomic E-state index is 12.8. The molecule has 9 heteroatoms. The molecule has 3 aromatic rings. The molecule has 1 N–H and O–H groups in total. The highest BCUT2D eigenvalue weighted by Crippen LogP contribution is 2.25. The molecule has 0 spiro atoms. The second-order valence-electron chi connectivity index (χ2n) is 7.61. The minimum Gasteiger partial charge on any atom is -0.497 e. The molecule has 0 radical (unpaired) electrons. The van der Waals surface area contributed by atoms with Gasteiger partial charge in [-0.25, -0.2) is 8.42 Å². The zero-order valence-electron chi connectivity index (χ0n) is 17.7. The second-order valence-corrected chi connectivity index (χ2v) is 9.70. The first kappa shape index (κ1) is 22.0. The standard InChI is InChI=1S/C23H24N2O6S/c1-30-18-8-7-17-15-25(11-9-16(17)13-18)32(28,29)12-4-10-24-23(27)22-14-20(26)19-5-2-3-6-21(19)31-22/h2-3,5-8,13-14H,4,9-12,15H2,1H3,(H,24,27). The highest BCUT2D eigenvalue weighted by atomic mass is 32.2. The quantitative estimate of drug-likeness (QED) is 0.547. The van der Waals surface area contributed by atoms with Gasteiger partial charge < -0.3 is 14.5 Å². The van der Waals surface area contributed by atoms with E-state index >= 15 is 0 Å². The maximum atomic E-state index is 12.8. The van der Waals surface area contributed by atoms with E-state index in [4.69, 9.17) is 9.15 Å². The third-order valence-electron chi connectivity index (χ3n) is 5.51. The summed E-state index contributed by atoms with van der Waals surface area (Å²) in [5.74, 6) is 0.0317. The average Bonchev–Trinajstić information content (AvgIpc) is 2.81. The van der Waals surface area contributed by atoms with E-state index in [1.165, 1.54) is 4.31 Å². The van der Waals surface area contributed by atoms with Crippen molar-refractivity contribution in [1.29, 1.82) is 0 Å². The van der Waals surface area contributed by atoms with Crippen LogP contribution in [0.1, 0.15) is 28.1 Å². The van der Waals surface area contributed by atoms with Gasteiger partial charge in [0, 0.05) is 25.7 Å². The number of sulfonamides is 1. The Hall–Kier alpha value is -3.17. The molecule has 1 aromatic heterocycles. The van der Waals surface area contributed by atoms with E-state index in [2.05, 4.69) is 5.32 Å². The van der Waals surface area contributed by atoms with Gasteiger partial charge in [-0.15, -0.1) is 0 Å². The average molecular weight is 457 g/mol. The molecular formula is C23H24N2O6S. The number of amides is 1. The molecule has 0 fully saturated rings. The van der Waals surface area contributed by atoms with E-state index in [-0.39, 0.29) is 29.9 Å². The Morgan fingerprint density at radius 3 is 2.78 bits per heavy atom. The van der Waals surface area contributed by atoms with Gasteiger partial charge in [-0.05, 0) is 48.2 Å². The minimum absolute atomic E-state index is 0.0829. The van der Waals surface area contributed by atoms with Crippen LogP contribution in [0.5, 0.6) is 5.75 Å². The number of carbonyl (C=O) groups is 1. The lowest BCUT2D eigenvalue weighted by molar-refractivity contribution is 0.0926. The number of nitrogens with one attached hydrogen (secondary N) is 1. The van der Waals surface area contributed by atoms with Gasteiger partial charge in [0.15, 0.2) is 11.2 Å². The monoisotopic (exact) mass is 456 g/mol. The van der Waals surface area contributed by atoms with Crippen LogP contribution in [0.15, 0.2) is 57.7 Å². The van der Waals surface area contributed by atoms with Crippen molar-refractivity contribution in [3.63, 3.8) is 0 Å². The maximum Gasteiger partial charge on any atom is 0.287 e. The van der Waals surface area contributed by atoms with Crippen LogP contribution in [0.3, 0.4) is 0 Å². The fraction of sp³-hybridized carbons (Fsp3) is 0.304. The van der Waals surface area contributed by atoms with Gasteiger partial charge in [0.05, 0.1) is 18.2 Å². The van der Waals surface area contributed by atoms with E-state index in [9.17, 15) is 18.0 Å². The van der Waals surface area contributed by atoms with Gasteiger partial charge in [-0.2, -0.15) is 4.31 Å². The fourth-order valence-corrected chi connectivity index (χ4v) is 5.23.